The molecule has 1 aliphatic rings. The van der Waals surface area contributed by atoms with Crippen molar-refractivity contribution in [3.63, 3.8) is 0 Å². The molecule has 1 heterocycles. The second-order valence-electron chi connectivity index (χ2n) is 7.37. The van der Waals surface area contributed by atoms with E-state index in [2.05, 4.69) is 10.6 Å². The highest BCUT2D eigenvalue weighted by atomic mass is 19.1. The Kier molecular flexibility index (Phi) is 5.81. The van der Waals surface area contributed by atoms with Crippen LogP contribution in [0.1, 0.15) is 19.4 Å². The summed E-state index contributed by atoms with van der Waals surface area (Å²) < 4.78 is 21.1. The van der Waals surface area contributed by atoms with Gasteiger partial charge >= 0.3 is 0 Å². The van der Waals surface area contributed by atoms with E-state index < -0.39 is 11.7 Å². The summed E-state index contributed by atoms with van der Waals surface area (Å²) in [5.41, 5.74) is 2.09. The summed E-state index contributed by atoms with van der Waals surface area (Å²) in [4.78, 5) is 26.0. The average molecular weight is 433 g/mol. The topological polar surface area (TPSA) is 70.7 Å². The minimum absolute atomic E-state index is 0.0452. The lowest BCUT2D eigenvalue weighted by Gasteiger charge is -2.34. The van der Waals surface area contributed by atoms with E-state index in [-0.39, 0.29) is 11.3 Å². The van der Waals surface area contributed by atoms with Crippen molar-refractivity contribution < 1.29 is 18.7 Å². The fourth-order valence-corrected chi connectivity index (χ4v) is 3.92. The number of rotatable bonds is 6. The van der Waals surface area contributed by atoms with Crippen LogP contribution in [0.25, 0.3) is 10.8 Å². The third-order valence-corrected chi connectivity index (χ3v) is 5.45. The van der Waals surface area contributed by atoms with Crippen LogP contribution < -0.4 is 20.3 Å². The zero-order valence-corrected chi connectivity index (χ0v) is 18.2. The van der Waals surface area contributed by atoms with E-state index >= 15 is 0 Å². The smallest absolute Gasteiger partial charge is 0.256 e. The number of nitrogens with one attached hydrogen (secondary N) is 2. The number of fused-ring (bicyclic) bond motifs is 3. The van der Waals surface area contributed by atoms with Gasteiger partial charge in [-0.05, 0) is 47.9 Å². The number of carbonyl (C=O) groups excluding carboxylic acids is 2. The Morgan fingerprint density at radius 1 is 1.16 bits per heavy atom. The normalized spacial score (nSPS) is 12.6. The molecule has 0 saturated carbocycles. The van der Waals surface area contributed by atoms with Gasteiger partial charge in [0.2, 0.25) is 0 Å². The highest BCUT2D eigenvalue weighted by Crippen LogP contribution is 2.53. The molecule has 0 unspecified atom stereocenters. The van der Waals surface area contributed by atoms with Gasteiger partial charge in [0.25, 0.3) is 5.91 Å². The van der Waals surface area contributed by atoms with Crippen molar-refractivity contribution in [1.29, 1.82) is 0 Å². The highest BCUT2D eigenvalue weighted by molar-refractivity contribution is 6.11. The molecule has 0 fully saturated rings. The summed E-state index contributed by atoms with van der Waals surface area (Å²) in [5.74, 6) is -0.107. The highest BCUT2D eigenvalue weighted by Gasteiger charge is 2.31. The van der Waals surface area contributed by atoms with Gasteiger partial charge in [0, 0.05) is 19.8 Å². The monoisotopic (exact) mass is 433 g/mol. The van der Waals surface area contributed by atoms with Crippen LogP contribution in [-0.4, -0.2) is 25.8 Å². The summed E-state index contributed by atoms with van der Waals surface area (Å²) in [6, 6.07) is 13.1. The van der Waals surface area contributed by atoms with Crippen molar-refractivity contribution >= 4 is 40.0 Å². The lowest BCUT2D eigenvalue weighted by Crippen LogP contribution is -2.27. The Hall–Kier alpha value is -3.87. The van der Waals surface area contributed by atoms with E-state index in [4.69, 9.17) is 4.74 Å². The Balaban J connectivity index is 2.04. The lowest BCUT2D eigenvalue weighted by molar-refractivity contribution is -0.119. The van der Waals surface area contributed by atoms with Gasteiger partial charge in [-0.3, -0.25) is 9.59 Å². The van der Waals surface area contributed by atoms with Gasteiger partial charge < -0.3 is 20.3 Å². The predicted octanol–water partition coefficient (Wildman–Crippen LogP) is 5.05. The largest absolute Gasteiger partial charge is 0.451 e. The van der Waals surface area contributed by atoms with E-state index in [0.29, 0.717) is 47.7 Å². The maximum absolute atomic E-state index is 14.8. The Morgan fingerprint density at radius 3 is 2.50 bits per heavy atom. The van der Waals surface area contributed by atoms with Crippen molar-refractivity contribution in [2.45, 2.75) is 20.3 Å². The third kappa shape index (κ3) is 3.56. The van der Waals surface area contributed by atoms with Crippen molar-refractivity contribution in [3.8, 4) is 11.5 Å². The number of aryl methyl sites for hydroxylation is 1. The van der Waals surface area contributed by atoms with Gasteiger partial charge in [0.1, 0.15) is 5.69 Å². The number of anilines is 3. The van der Waals surface area contributed by atoms with Crippen LogP contribution in [0.15, 0.2) is 54.2 Å². The predicted molar refractivity (Wildman–Crippen MR) is 124 cm³/mol. The van der Waals surface area contributed by atoms with Gasteiger partial charge in [-0.15, -0.1) is 0 Å². The molecule has 6 nitrogen and oxygen atoms in total. The van der Waals surface area contributed by atoms with Crippen molar-refractivity contribution in [3.05, 3.63) is 65.6 Å². The minimum Gasteiger partial charge on any atom is -0.451 e. The first kappa shape index (κ1) is 21.4. The molecule has 7 heteroatoms. The number of likely N-dealkylation sites (N-methyl/N-ethyl adjacent to an activating group) is 1. The van der Waals surface area contributed by atoms with Crippen LogP contribution >= 0.6 is 0 Å². The molecule has 2 N–H and O–H groups in total. The van der Waals surface area contributed by atoms with Gasteiger partial charge in [0.05, 0.1) is 16.9 Å². The van der Waals surface area contributed by atoms with Crippen LogP contribution in [0, 0.1) is 5.82 Å². The zero-order chi connectivity index (χ0) is 22.8. The Morgan fingerprint density at radius 2 is 1.88 bits per heavy atom. The summed E-state index contributed by atoms with van der Waals surface area (Å²) in [5, 5.41) is 7.46. The molecule has 0 aromatic heterocycles. The molecule has 3 aromatic rings. The van der Waals surface area contributed by atoms with Gasteiger partial charge in [-0.1, -0.05) is 31.2 Å². The first-order valence-electron chi connectivity index (χ1n) is 10.5. The lowest BCUT2D eigenvalue weighted by atomic mass is 10.0. The number of nitrogens with zero attached hydrogens (tertiary/aromatic N) is 1. The maximum atomic E-state index is 14.8. The first-order valence-corrected chi connectivity index (χ1v) is 10.5. The van der Waals surface area contributed by atoms with E-state index in [0.717, 1.165) is 10.8 Å². The number of amides is 1. The summed E-state index contributed by atoms with van der Waals surface area (Å²) in [7, 11) is 1.62. The molecule has 0 radical (unpaired) electrons. The SMILES string of the molecule is CCNC(=O)/C(C=O)=C/N1c2cc3ccccc3cc2Oc2c(NC)c(F)cc(CC)c21. The van der Waals surface area contributed by atoms with Gasteiger partial charge in [-0.25, -0.2) is 4.39 Å². The number of hydrogen-bond acceptors (Lipinski definition) is 5. The fraction of sp³-hybridized carbons (Fsp3) is 0.200. The van der Waals surface area contributed by atoms with Crippen LogP contribution in [0.4, 0.5) is 21.5 Å². The molecule has 1 amide bonds. The minimum atomic E-state index is -0.480. The zero-order valence-electron chi connectivity index (χ0n) is 18.2. The summed E-state index contributed by atoms with van der Waals surface area (Å²) in [6.45, 7) is 4.08. The molecule has 0 bridgehead atoms. The maximum Gasteiger partial charge on any atom is 0.256 e. The molecule has 32 heavy (non-hydrogen) atoms. The summed E-state index contributed by atoms with van der Waals surface area (Å²) in [6.07, 6.45) is 2.54. The molecular formula is C25H24FN3O3. The quantitative estimate of drug-likeness (QED) is 0.247. The molecule has 0 aliphatic carbocycles. The van der Waals surface area contributed by atoms with Gasteiger partial charge in [-0.2, -0.15) is 0 Å². The Labute approximate surface area is 185 Å². The number of aldehydes is 1. The molecule has 0 atom stereocenters. The number of hydrogen-bond donors (Lipinski definition) is 2. The number of halogens is 1. The first-order chi connectivity index (χ1) is 15.5. The number of ether oxygens (including phenoxy) is 1. The molecule has 1 aliphatic heterocycles. The van der Waals surface area contributed by atoms with Crippen molar-refractivity contribution in [2.24, 2.45) is 0 Å². The van der Waals surface area contributed by atoms with E-state index in [1.807, 2.05) is 43.3 Å². The van der Waals surface area contributed by atoms with Crippen LogP contribution in [0.2, 0.25) is 0 Å². The second-order valence-corrected chi connectivity index (χ2v) is 7.37. The fourth-order valence-electron chi connectivity index (χ4n) is 3.92. The molecule has 0 spiro atoms. The number of carbonyl (C=O) groups is 2. The molecule has 3 aromatic carbocycles. The molecule has 164 valence electrons. The van der Waals surface area contributed by atoms with E-state index in [9.17, 15) is 14.0 Å². The molecule has 0 saturated heterocycles. The van der Waals surface area contributed by atoms with Crippen LogP contribution in [0.5, 0.6) is 11.5 Å². The van der Waals surface area contributed by atoms with Gasteiger partial charge in [0.15, 0.2) is 23.6 Å². The van der Waals surface area contributed by atoms with Crippen LogP contribution in [-0.2, 0) is 16.0 Å². The van der Waals surface area contributed by atoms with Crippen molar-refractivity contribution in [2.75, 3.05) is 23.8 Å². The third-order valence-electron chi connectivity index (χ3n) is 5.45. The number of benzene rings is 3. The summed E-state index contributed by atoms with van der Waals surface area (Å²) >= 11 is 0. The Bertz CT molecular complexity index is 1250. The van der Waals surface area contributed by atoms with E-state index in [1.54, 1.807) is 18.9 Å². The molecular weight excluding hydrogens is 409 g/mol. The average Bonchev–Trinajstić information content (AvgIpc) is 2.80. The van der Waals surface area contributed by atoms with E-state index in [1.165, 1.54) is 12.3 Å². The second kappa shape index (κ2) is 8.70. The van der Waals surface area contributed by atoms with Crippen molar-refractivity contribution in [1.82, 2.24) is 5.32 Å². The standard InChI is InChI=1S/C25H24FN3O3/c1-4-15-10-19(26)22(27-3)24-23(15)29(13-18(14-30)25(31)28-5-2)20-11-16-8-6-7-9-17(16)12-21(20)32-24/h6-14,27H,4-5H2,1-3H3,(H,28,31)/b18-13+. The van der Waals surface area contributed by atoms with Crippen LogP contribution in [0.3, 0.4) is 0 Å². The molecule has 4 rings (SSSR count).